The van der Waals surface area contributed by atoms with Crippen LogP contribution in [-0.2, 0) is 19.1 Å². The summed E-state index contributed by atoms with van der Waals surface area (Å²) in [4.78, 5) is 42.2. The lowest BCUT2D eigenvalue weighted by atomic mass is 10.1. The Morgan fingerprint density at radius 2 is 2.21 bits per heavy atom. The normalized spacial score (nSPS) is 14.3. The van der Waals surface area contributed by atoms with Crippen LogP contribution in [0.2, 0.25) is 0 Å². The van der Waals surface area contributed by atoms with E-state index in [0.717, 1.165) is 0 Å². The van der Waals surface area contributed by atoms with E-state index >= 15 is 0 Å². The first-order valence-corrected chi connectivity index (χ1v) is 9.39. The Morgan fingerprint density at radius 3 is 2.93 bits per heavy atom. The van der Waals surface area contributed by atoms with Gasteiger partial charge in [-0.25, -0.2) is 4.98 Å². The number of nitriles is 1. The minimum atomic E-state index is -1.08. The molecule has 144 valence electrons. The molecule has 2 heterocycles. The van der Waals surface area contributed by atoms with Gasteiger partial charge in [0.05, 0.1) is 24.8 Å². The van der Waals surface area contributed by atoms with E-state index in [-0.39, 0.29) is 25.5 Å². The molecule has 8 nitrogen and oxygen atoms in total. The fraction of sp³-hybridized carbons (Fsp3) is 0.316. The second-order valence-corrected chi connectivity index (χ2v) is 6.95. The van der Waals surface area contributed by atoms with Gasteiger partial charge in [0.15, 0.2) is 18.3 Å². The van der Waals surface area contributed by atoms with Gasteiger partial charge in [-0.15, -0.1) is 11.3 Å². The lowest BCUT2D eigenvalue weighted by Crippen LogP contribution is -2.36. The monoisotopic (exact) mass is 399 g/mol. The number of aryl methyl sites for hydroxylation is 1. The molecule has 1 amide bonds. The number of hydrogen-bond donors (Lipinski definition) is 0. The van der Waals surface area contributed by atoms with Crippen molar-refractivity contribution >= 4 is 34.7 Å². The number of ketones is 1. The smallest absolute Gasteiger partial charge is 0.326 e. The molecule has 3 rings (SSSR count). The third-order valence-corrected chi connectivity index (χ3v) is 5.06. The summed E-state index contributed by atoms with van der Waals surface area (Å²) in [5, 5.41) is 11.4. The Bertz CT molecular complexity index is 949. The summed E-state index contributed by atoms with van der Waals surface area (Å²) in [6.45, 7) is 1.07. The molecule has 9 heteroatoms. The van der Waals surface area contributed by atoms with Gasteiger partial charge in [-0.3, -0.25) is 19.3 Å². The highest BCUT2D eigenvalue weighted by Gasteiger charge is 2.28. The Kier molecular flexibility index (Phi) is 6.01. The highest BCUT2D eigenvalue weighted by Crippen LogP contribution is 2.30. The molecule has 1 aliphatic rings. The standard InChI is InChI=1S/C19H17N3O5S/c1-12-11-28-19(21-12)13(8-20)15(23)10-27-18(25)9-22-14-4-2-3-5-16(14)26-7-6-17(22)24/h2-5,11,13H,6-7,9-10H2,1H3/t13-/m1/s1. The largest absolute Gasteiger partial charge is 0.491 e. The summed E-state index contributed by atoms with van der Waals surface area (Å²) in [6.07, 6.45) is 0.126. The molecular weight excluding hydrogens is 382 g/mol. The van der Waals surface area contributed by atoms with Gasteiger partial charge >= 0.3 is 5.97 Å². The number of thiazole rings is 1. The maximum absolute atomic E-state index is 12.3. The third-order valence-electron chi connectivity index (χ3n) is 4.03. The van der Waals surface area contributed by atoms with Crippen LogP contribution in [0.1, 0.15) is 23.0 Å². The van der Waals surface area contributed by atoms with Crippen molar-refractivity contribution in [1.29, 1.82) is 5.26 Å². The van der Waals surface area contributed by atoms with Gasteiger partial charge in [-0.1, -0.05) is 12.1 Å². The summed E-state index contributed by atoms with van der Waals surface area (Å²) >= 11 is 1.21. The zero-order valence-electron chi connectivity index (χ0n) is 15.1. The van der Waals surface area contributed by atoms with Crippen molar-refractivity contribution in [3.8, 4) is 11.8 Å². The van der Waals surface area contributed by atoms with Gasteiger partial charge in [-0.2, -0.15) is 5.26 Å². The zero-order chi connectivity index (χ0) is 20.1. The Labute approximate surface area is 165 Å². The predicted octanol–water partition coefficient (Wildman–Crippen LogP) is 1.99. The summed E-state index contributed by atoms with van der Waals surface area (Å²) in [6, 6.07) is 8.78. The first-order chi connectivity index (χ1) is 13.5. The fourth-order valence-corrected chi connectivity index (χ4v) is 3.53. The summed E-state index contributed by atoms with van der Waals surface area (Å²) in [5.41, 5.74) is 1.19. The van der Waals surface area contributed by atoms with E-state index in [1.807, 2.05) is 6.07 Å². The minimum absolute atomic E-state index is 0.126. The van der Waals surface area contributed by atoms with Crippen LogP contribution in [0.4, 0.5) is 5.69 Å². The molecule has 0 unspecified atom stereocenters. The maximum Gasteiger partial charge on any atom is 0.326 e. The number of carbonyl (C=O) groups is 3. The molecule has 0 spiro atoms. The van der Waals surface area contributed by atoms with E-state index in [2.05, 4.69) is 4.98 Å². The van der Waals surface area contributed by atoms with Crippen molar-refractivity contribution in [3.05, 3.63) is 40.3 Å². The summed E-state index contributed by atoms with van der Waals surface area (Å²) in [5.74, 6) is -2.16. The lowest BCUT2D eigenvalue weighted by molar-refractivity contribution is -0.147. The van der Waals surface area contributed by atoms with Gasteiger partial charge in [0.25, 0.3) is 0 Å². The topological polar surface area (TPSA) is 110 Å². The Balaban J connectivity index is 1.63. The molecule has 1 aliphatic heterocycles. The SMILES string of the molecule is Cc1csc([C@H](C#N)C(=O)COC(=O)CN2C(=O)CCOc3ccccc32)n1. The van der Waals surface area contributed by atoms with E-state index in [4.69, 9.17) is 9.47 Å². The van der Waals surface area contributed by atoms with Crippen molar-refractivity contribution in [3.63, 3.8) is 0 Å². The van der Waals surface area contributed by atoms with Crippen LogP contribution in [0.3, 0.4) is 0 Å². The predicted molar refractivity (Wildman–Crippen MR) is 100 cm³/mol. The average molecular weight is 399 g/mol. The van der Waals surface area contributed by atoms with Gasteiger partial charge in [-0.05, 0) is 19.1 Å². The van der Waals surface area contributed by atoms with E-state index in [0.29, 0.717) is 22.1 Å². The first-order valence-electron chi connectivity index (χ1n) is 8.51. The molecule has 0 saturated carbocycles. The number of ether oxygens (including phenoxy) is 2. The van der Waals surface area contributed by atoms with Gasteiger partial charge in [0, 0.05) is 11.1 Å². The van der Waals surface area contributed by atoms with Crippen molar-refractivity contribution < 1.29 is 23.9 Å². The fourth-order valence-electron chi connectivity index (χ4n) is 2.67. The first kappa shape index (κ1) is 19.5. The summed E-state index contributed by atoms with van der Waals surface area (Å²) < 4.78 is 10.5. The van der Waals surface area contributed by atoms with E-state index in [1.54, 1.807) is 36.6 Å². The van der Waals surface area contributed by atoms with Crippen molar-refractivity contribution in [2.45, 2.75) is 19.3 Å². The van der Waals surface area contributed by atoms with Crippen molar-refractivity contribution in [2.24, 2.45) is 0 Å². The quantitative estimate of drug-likeness (QED) is 0.683. The van der Waals surface area contributed by atoms with Gasteiger partial charge in [0.1, 0.15) is 17.3 Å². The minimum Gasteiger partial charge on any atom is -0.491 e. The van der Waals surface area contributed by atoms with Crippen LogP contribution in [0.25, 0.3) is 0 Å². The number of para-hydroxylation sites is 2. The molecule has 0 radical (unpaired) electrons. The van der Waals surface area contributed by atoms with Crippen LogP contribution < -0.4 is 9.64 Å². The van der Waals surface area contributed by atoms with Gasteiger partial charge in [0.2, 0.25) is 5.91 Å². The Morgan fingerprint density at radius 1 is 1.43 bits per heavy atom. The number of amides is 1. The number of esters is 1. The number of nitrogens with zero attached hydrogens (tertiary/aromatic N) is 3. The number of rotatable bonds is 6. The number of aromatic nitrogens is 1. The molecule has 1 aromatic heterocycles. The van der Waals surface area contributed by atoms with E-state index < -0.39 is 24.3 Å². The molecule has 2 aromatic rings. The number of hydrogen-bond acceptors (Lipinski definition) is 8. The number of anilines is 1. The molecule has 0 N–H and O–H groups in total. The molecule has 28 heavy (non-hydrogen) atoms. The van der Waals surface area contributed by atoms with Crippen LogP contribution in [0.5, 0.6) is 5.75 Å². The van der Waals surface area contributed by atoms with Crippen molar-refractivity contribution in [2.75, 3.05) is 24.7 Å². The summed E-state index contributed by atoms with van der Waals surface area (Å²) in [7, 11) is 0. The maximum atomic E-state index is 12.3. The molecule has 1 aromatic carbocycles. The van der Waals surface area contributed by atoms with Crippen LogP contribution in [-0.4, -0.2) is 42.4 Å². The molecule has 0 bridgehead atoms. The molecule has 0 saturated heterocycles. The van der Waals surface area contributed by atoms with E-state index in [9.17, 15) is 19.6 Å². The highest BCUT2D eigenvalue weighted by molar-refractivity contribution is 7.09. The average Bonchev–Trinajstić information content (AvgIpc) is 3.04. The molecule has 0 fully saturated rings. The van der Waals surface area contributed by atoms with Crippen LogP contribution in [0.15, 0.2) is 29.6 Å². The van der Waals surface area contributed by atoms with Crippen LogP contribution in [0, 0.1) is 18.3 Å². The number of fused-ring (bicyclic) bond motifs is 1. The number of benzene rings is 1. The highest BCUT2D eigenvalue weighted by atomic mass is 32.1. The molecule has 0 aliphatic carbocycles. The van der Waals surface area contributed by atoms with Crippen LogP contribution >= 0.6 is 11.3 Å². The third kappa shape index (κ3) is 4.35. The zero-order valence-corrected chi connectivity index (χ0v) is 15.9. The molecule has 1 atom stereocenters. The van der Waals surface area contributed by atoms with Gasteiger partial charge < -0.3 is 9.47 Å². The lowest BCUT2D eigenvalue weighted by Gasteiger charge is -2.20. The number of Topliss-reactive ketones (excluding diaryl/α,β-unsaturated/α-hetero) is 1. The molecular formula is C19H17N3O5S. The second kappa shape index (κ2) is 8.63. The second-order valence-electron chi connectivity index (χ2n) is 6.06. The van der Waals surface area contributed by atoms with E-state index in [1.165, 1.54) is 16.2 Å². The number of carbonyl (C=O) groups excluding carboxylic acids is 3. The Hall–Kier alpha value is -3.25. The van der Waals surface area contributed by atoms with Crippen molar-refractivity contribution in [1.82, 2.24) is 4.98 Å².